The molecule has 1 aromatic rings. The minimum atomic E-state index is 0.0521. The number of hydrogen-bond acceptors (Lipinski definition) is 3. The van der Waals surface area contributed by atoms with Gasteiger partial charge in [0.25, 0.3) is 5.91 Å². The molecule has 1 saturated carbocycles. The molecule has 5 heteroatoms. The number of ether oxygens (including phenoxy) is 1. The van der Waals surface area contributed by atoms with Crippen molar-refractivity contribution >= 4 is 11.8 Å². The molecule has 0 atom stereocenters. The Hall–Kier alpha value is -2.04. The van der Waals surface area contributed by atoms with Crippen LogP contribution in [0.1, 0.15) is 47.2 Å². The zero-order valence-electron chi connectivity index (χ0n) is 15.5. The summed E-state index contributed by atoms with van der Waals surface area (Å²) in [4.78, 5) is 29.2. The van der Waals surface area contributed by atoms with E-state index in [1.54, 1.807) is 7.11 Å². The highest BCUT2D eigenvalue weighted by molar-refractivity contribution is 5.96. The Kier molecular flexibility index (Phi) is 5.30. The summed E-state index contributed by atoms with van der Waals surface area (Å²) in [6.07, 6.45) is 4.40. The molecular formula is C20H28N2O3. The molecule has 0 N–H and O–H groups in total. The first-order valence-corrected chi connectivity index (χ1v) is 9.25. The third-order valence-electron chi connectivity index (χ3n) is 5.77. The average Bonchev–Trinajstić information content (AvgIpc) is 3.17. The lowest BCUT2D eigenvalue weighted by Gasteiger charge is -2.36. The molecule has 0 radical (unpaired) electrons. The molecule has 2 amide bonds. The van der Waals surface area contributed by atoms with Crippen molar-refractivity contribution in [1.82, 2.24) is 9.80 Å². The van der Waals surface area contributed by atoms with E-state index in [-0.39, 0.29) is 11.8 Å². The van der Waals surface area contributed by atoms with E-state index in [0.717, 1.165) is 35.3 Å². The summed E-state index contributed by atoms with van der Waals surface area (Å²) < 4.78 is 5.33. The molecule has 2 fully saturated rings. The third kappa shape index (κ3) is 3.51. The normalized spacial score (nSPS) is 18.5. The van der Waals surface area contributed by atoms with Crippen molar-refractivity contribution in [3.63, 3.8) is 0 Å². The van der Waals surface area contributed by atoms with Crippen LogP contribution >= 0.6 is 0 Å². The highest BCUT2D eigenvalue weighted by Gasteiger charge is 2.31. The van der Waals surface area contributed by atoms with Gasteiger partial charge in [-0.3, -0.25) is 9.59 Å². The van der Waals surface area contributed by atoms with Crippen molar-refractivity contribution in [3.05, 3.63) is 28.8 Å². The van der Waals surface area contributed by atoms with Crippen LogP contribution in [0.15, 0.2) is 12.1 Å². The van der Waals surface area contributed by atoms with Crippen LogP contribution in [0.4, 0.5) is 0 Å². The second-order valence-corrected chi connectivity index (χ2v) is 7.16. The molecular weight excluding hydrogens is 316 g/mol. The SMILES string of the molecule is COc1ccc(C(=O)N2CCN(C(=O)C3CCCC3)CC2)c(C)c1C. The number of carbonyl (C=O) groups is 2. The molecule has 2 aliphatic rings. The molecule has 1 aromatic carbocycles. The number of carbonyl (C=O) groups excluding carboxylic acids is 2. The van der Waals surface area contributed by atoms with E-state index in [2.05, 4.69) is 0 Å². The molecule has 1 heterocycles. The van der Waals surface area contributed by atoms with Gasteiger partial charge in [-0.05, 0) is 49.9 Å². The Bertz CT molecular complexity index is 657. The highest BCUT2D eigenvalue weighted by atomic mass is 16.5. The Labute approximate surface area is 149 Å². The molecule has 0 aromatic heterocycles. The van der Waals surface area contributed by atoms with Crippen molar-refractivity contribution in [2.24, 2.45) is 5.92 Å². The van der Waals surface area contributed by atoms with Crippen LogP contribution in [-0.4, -0.2) is 54.9 Å². The third-order valence-corrected chi connectivity index (χ3v) is 5.77. The minimum absolute atomic E-state index is 0.0521. The molecule has 136 valence electrons. The maximum atomic E-state index is 12.9. The summed E-state index contributed by atoms with van der Waals surface area (Å²) in [5.41, 5.74) is 2.70. The number of amides is 2. The second kappa shape index (κ2) is 7.46. The van der Waals surface area contributed by atoms with Gasteiger partial charge in [-0.2, -0.15) is 0 Å². The van der Waals surface area contributed by atoms with Crippen LogP contribution in [0.2, 0.25) is 0 Å². The molecule has 1 saturated heterocycles. The van der Waals surface area contributed by atoms with Gasteiger partial charge in [-0.25, -0.2) is 0 Å². The quantitative estimate of drug-likeness (QED) is 0.847. The largest absolute Gasteiger partial charge is 0.496 e. The number of nitrogens with zero attached hydrogens (tertiary/aromatic N) is 2. The first-order chi connectivity index (χ1) is 12.0. The summed E-state index contributed by atoms with van der Waals surface area (Å²) in [5, 5.41) is 0. The Balaban J connectivity index is 1.64. The summed E-state index contributed by atoms with van der Waals surface area (Å²) in [6, 6.07) is 3.70. The van der Waals surface area contributed by atoms with Crippen LogP contribution in [0, 0.1) is 19.8 Å². The van der Waals surface area contributed by atoms with Crippen LogP contribution in [0.5, 0.6) is 5.75 Å². The van der Waals surface area contributed by atoms with Gasteiger partial charge in [0.15, 0.2) is 0 Å². The van der Waals surface area contributed by atoms with Gasteiger partial charge in [0.1, 0.15) is 5.75 Å². The van der Waals surface area contributed by atoms with Crippen molar-refractivity contribution in [2.45, 2.75) is 39.5 Å². The van der Waals surface area contributed by atoms with Gasteiger partial charge >= 0.3 is 0 Å². The Morgan fingerprint density at radius 3 is 2.16 bits per heavy atom. The van der Waals surface area contributed by atoms with E-state index in [1.165, 1.54) is 12.8 Å². The van der Waals surface area contributed by atoms with Crippen LogP contribution in [0.3, 0.4) is 0 Å². The van der Waals surface area contributed by atoms with Crippen LogP contribution < -0.4 is 4.74 Å². The maximum absolute atomic E-state index is 12.9. The summed E-state index contributed by atoms with van der Waals surface area (Å²) >= 11 is 0. The predicted molar refractivity (Wildman–Crippen MR) is 96.9 cm³/mol. The van der Waals surface area contributed by atoms with Gasteiger partial charge in [-0.1, -0.05) is 12.8 Å². The lowest BCUT2D eigenvalue weighted by Crippen LogP contribution is -2.51. The average molecular weight is 344 g/mol. The van der Waals surface area contributed by atoms with Gasteiger partial charge < -0.3 is 14.5 Å². The molecule has 3 rings (SSSR count). The molecule has 25 heavy (non-hydrogen) atoms. The highest BCUT2D eigenvalue weighted by Crippen LogP contribution is 2.28. The molecule has 0 spiro atoms. The van der Waals surface area contributed by atoms with Crippen molar-refractivity contribution in [2.75, 3.05) is 33.3 Å². The van der Waals surface area contributed by atoms with E-state index in [4.69, 9.17) is 4.74 Å². The van der Waals surface area contributed by atoms with E-state index in [9.17, 15) is 9.59 Å². The molecule has 0 bridgehead atoms. The minimum Gasteiger partial charge on any atom is -0.496 e. The topological polar surface area (TPSA) is 49.9 Å². The smallest absolute Gasteiger partial charge is 0.254 e. The number of methoxy groups -OCH3 is 1. The zero-order chi connectivity index (χ0) is 18.0. The van der Waals surface area contributed by atoms with Crippen molar-refractivity contribution < 1.29 is 14.3 Å². The van der Waals surface area contributed by atoms with Gasteiger partial charge in [0.05, 0.1) is 7.11 Å². The number of benzene rings is 1. The summed E-state index contributed by atoms with van der Waals surface area (Å²) in [5.74, 6) is 1.37. The summed E-state index contributed by atoms with van der Waals surface area (Å²) in [7, 11) is 1.64. The van der Waals surface area contributed by atoms with E-state index >= 15 is 0 Å². The standard InChI is InChI=1S/C20H28N2O3/c1-14-15(2)18(25-3)9-8-17(14)20(24)22-12-10-21(11-13-22)19(23)16-6-4-5-7-16/h8-9,16H,4-7,10-13H2,1-3H3. The van der Waals surface area contributed by atoms with E-state index in [0.29, 0.717) is 32.1 Å². The lowest BCUT2D eigenvalue weighted by atomic mass is 10.0. The molecule has 1 aliphatic heterocycles. The first kappa shape index (κ1) is 17.8. The second-order valence-electron chi connectivity index (χ2n) is 7.16. The van der Waals surface area contributed by atoms with Gasteiger partial charge in [-0.15, -0.1) is 0 Å². The Morgan fingerprint density at radius 1 is 0.960 bits per heavy atom. The molecule has 5 nitrogen and oxygen atoms in total. The molecule has 0 unspecified atom stereocenters. The van der Waals surface area contributed by atoms with Crippen LogP contribution in [0.25, 0.3) is 0 Å². The van der Waals surface area contributed by atoms with Crippen LogP contribution in [-0.2, 0) is 4.79 Å². The lowest BCUT2D eigenvalue weighted by molar-refractivity contribution is -0.136. The van der Waals surface area contributed by atoms with Crippen molar-refractivity contribution in [3.8, 4) is 5.75 Å². The van der Waals surface area contributed by atoms with E-state index in [1.807, 2.05) is 35.8 Å². The zero-order valence-corrected chi connectivity index (χ0v) is 15.5. The van der Waals surface area contributed by atoms with Crippen molar-refractivity contribution in [1.29, 1.82) is 0 Å². The number of hydrogen-bond donors (Lipinski definition) is 0. The fraction of sp³-hybridized carbons (Fsp3) is 0.600. The predicted octanol–water partition coefficient (Wildman–Crippen LogP) is 2.79. The Morgan fingerprint density at radius 2 is 1.56 bits per heavy atom. The summed E-state index contributed by atoms with van der Waals surface area (Å²) in [6.45, 7) is 6.46. The molecule has 1 aliphatic carbocycles. The fourth-order valence-electron chi connectivity index (χ4n) is 3.98. The monoisotopic (exact) mass is 344 g/mol. The number of rotatable bonds is 3. The fourth-order valence-corrected chi connectivity index (χ4v) is 3.98. The van der Waals surface area contributed by atoms with Gasteiger partial charge in [0.2, 0.25) is 5.91 Å². The maximum Gasteiger partial charge on any atom is 0.254 e. The first-order valence-electron chi connectivity index (χ1n) is 9.25. The van der Waals surface area contributed by atoms with Gasteiger partial charge in [0, 0.05) is 37.7 Å². The number of piperazine rings is 1. The van der Waals surface area contributed by atoms with E-state index < -0.39 is 0 Å².